The van der Waals surface area contributed by atoms with Gasteiger partial charge in [0.1, 0.15) is 0 Å². The van der Waals surface area contributed by atoms with Crippen LogP contribution in [-0.2, 0) is 11.2 Å². The average molecular weight is 236 g/mol. The summed E-state index contributed by atoms with van der Waals surface area (Å²) in [6, 6.07) is 10.7. The molecule has 2 nitrogen and oxygen atoms in total. The molecule has 2 rings (SSSR count). The number of thiophene rings is 1. The van der Waals surface area contributed by atoms with Gasteiger partial charge in [-0.1, -0.05) is 18.2 Å². The van der Waals surface area contributed by atoms with Crippen LogP contribution in [0.25, 0.3) is 10.1 Å². The van der Waals surface area contributed by atoms with E-state index >= 15 is 0 Å². The van der Waals surface area contributed by atoms with Gasteiger partial charge in [0.25, 0.3) is 0 Å². The summed E-state index contributed by atoms with van der Waals surface area (Å²) in [7, 11) is 0. The molecule has 86 valence electrons. The zero-order chi connectivity index (χ0) is 11.2. The minimum atomic E-state index is 0.211. The molecule has 0 saturated heterocycles. The van der Waals surface area contributed by atoms with E-state index in [1.165, 1.54) is 15.0 Å². The van der Waals surface area contributed by atoms with Crippen molar-refractivity contribution < 1.29 is 9.84 Å². The van der Waals surface area contributed by atoms with Crippen LogP contribution in [0.3, 0.4) is 0 Å². The molecule has 0 aliphatic rings. The Balaban J connectivity index is 1.85. The fraction of sp³-hybridized carbons (Fsp3) is 0.385. The summed E-state index contributed by atoms with van der Waals surface area (Å²) in [5.74, 6) is 0. The summed E-state index contributed by atoms with van der Waals surface area (Å²) in [5, 5.41) is 9.92. The molecule has 0 spiro atoms. The zero-order valence-electron chi connectivity index (χ0n) is 9.19. The maximum atomic E-state index is 8.60. The quantitative estimate of drug-likeness (QED) is 0.781. The second kappa shape index (κ2) is 5.99. The molecule has 0 aliphatic carbocycles. The molecule has 0 aliphatic heterocycles. The first kappa shape index (κ1) is 11.6. The summed E-state index contributed by atoms with van der Waals surface area (Å²) >= 11 is 1.83. The first-order valence-electron chi connectivity index (χ1n) is 5.56. The molecule has 0 atom stereocenters. The maximum absolute atomic E-state index is 8.60. The van der Waals surface area contributed by atoms with Gasteiger partial charge in [0.2, 0.25) is 0 Å². The van der Waals surface area contributed by atoms with Gasteiger partial charge in [0, 0.05) is 29.2 Å². The Morgan fingerprint density at radius 3 is 2.88 bits per heavy atom. The number of aliphatic hydroxyl groups excluding tert-OH is 1. The monoisotopic (exact) mass is 236 g/mol. The van der Waals surface area contributed by atoms with Gasteiger partial charge in [-0.05, 0) is 23.9 Å². The average Bonchev–Trinajstić information content (AvgIpc) is 2.71. The summed E-state index contributed by atoms with van der Waals surface area (Å²) in [5.41, 5.74) is 0. The molecular weight excluding hydrogens is 220 g/mol. The molecule has 0 unspecified atom stereocenters. The van der Waals surface area contributed by atoms with Crippen molar-refractivity contribution in [2.75, 3.05) is 19.8 Å². The smallest absolute Gasteiger partial charge is 0.0514 e. The fourth-order valence-electron chi connectivity index (χ4n) is 1.60. The second-order valence-corrected chi connectivity index (χ2v) is 4.86. The molecule has 0 fully saturated rings. The lowest BCUT2D eigenvalue weighted by Crippen LogP contribution is -2.00. The van der Waals surface area contributed by atoms with Crippen molar-refractivity contribution in [2.24, 2.45) is 0 Å². The van der Waals surface area contributed by atoms with Gasteiger partial charge in [-0.25, -0.2) is 0 Å². The van der Waals surface area contributed by atoms with E-state index in [1.807, 2.05) is 11.3 Å². The number of hydrogen-bond donors (Lipinski definition) is 1. The van der Waals surface area contributed by atoms with E-state index in [1.54, 1.807) is 0 Å². The second-order valence-electron chi connectivity index (χ2n) is 3.69. The third-order valence-corrected chi connectivity index (χ3v) is 3.59. The number of ether oxygens (including phenoxy) is 1. The summed E-state index contributed by atoms with van der Waals surface area (Å²) < 4.78 is 6.76. The normalized spacial score (nSPS) is 11.1. The molecule has 0 radical (unpaired) electrons. The van der Waals surface area contributed by atoms with Crippen molar-refractivity contribution in [3.8, 4) is 0 Å². The van der Waals surface area contributed by atoms with Crippen LogP contribution in [0.1, 0.15) is 11.3 Å². The van der Waals surface area contributed by atoms with Crippen molar-refractivity contribution >= 4 is 21.4 Å². The lowest BCUT2D eigenvalue weighted by Gasteiger charge is -2.00. The Hall–Kier alpha value is -0.900. The Morgan fingerprint density at radius 2 is 2.06 bits per heavy atom. The van der Waals surface area contributed by atoms with Crippen LogP contribution >= 0.6 is 11.3 Å². The van der Waals surface area contributed by atoms with Crippen molar-refractivity contribution in [2.45, 2.75) is 12.8 Å². The molecule has 1 aromatic heterocycles. The number of rotatable bonds is 6. The van der Waals surface area contributed by atoms with Gasteiger partial charge in [-0.15, -0.1) is 11.3 Å². The topological polar surface area (TPSA) is 29.5 Å². The van der Waals surface area contributed by atoms with Crippen LogP contribution in [0.15, 0.2) is 30.3 Å². The molecule has 1 N–H and O–H groups in total. The van der Waals surface area contributed by atoms with Crippen LogP contribution in [-0.4, -0.2) is 24.9 Å². The maximum Gasteiger partial charge on any atom is 0.0514 e. The third-order valence-electron chi connectivity index (χ3n) is 2.42. The highest BCUT2D eigenvalue weighted by atomic mass is 32.1. The molecule has 3 heteroatoms. The lowest BCUT2D eigenvalue weighted by atomic mass is 10.2. The predicted octanol–water partition coefficient (Wildman–Crippen LogP) is 2.84. The van der Waals surface area contributed by atoms with Crippen LogP contribution in [0.5, 0.6) is 0 Å². The highest BCUT2D eigenvalue weighted by Crippen LogP contribution is 2.25. The summed E-state index contributed by atoms with van der Waals surface area (Å²) in [4.78, 5) is 1.37. The SMILES string of the molecule is OCCCOCCc1cc2ccccc2s1. The highest BCUT2D eigenvalue weighted by Gasteiger charge is 2.00. The molecule has 1 heterocycles. The standard InChI is InChI=1S/C13H16O2S/c14-7-3-8-15-9-6-12-10-11-4-1-2-5-13(11)16-12/h1-2,4-5,10,14H,3,6-9H2. The van der Waals surface area contributed by atoms with E-state index < -0.39 is 0 Å². The highest BCUT2D eigenvalue weighted by molar-refractivity contribution is 7.19. The van der Waals surface area contributed by atoms with E-state index in [4.69, 9.17) is 9.84 Å². The van der Waals surface area contributed by atoms with Crippen molar-refractivity contribution in [1.82, 2.24) is 0 Å². The Bertz CT molecular complexity index is 403. The van der Waals surface area contributed by atoms with Crippen molar-refractivity contribution in [3.05, 3.63) is 35.2 Å². The van der Waals surface area contributed by atoms with Crippen molar-refractivity contribution in [3.63, 3.8) is 0 Å². The van der Waals surface area contributed by atoms with Gasteiger partial charge in [-0.3, -0.25) is 0 Å². The minimum absolute atomic E-state index is 0.211. The molecule has 0 saturated carbocycles. The summed E-state index contributed by atoms with van der Waals surface area (Å²) in [6.45, 7) is 1.61. The van der Waals surface area contributed by atoms with Crippen LogP contribution in [0, 0.1) is 0 Å². The van der Waals surface area contributed by atoms with E-state index in [9.17, 15) is 0 Å². The van der Waals surface area contributed by atoms with Crippen molar-refractivity contribution in [1.29, 1.82) is 0 Å². The Morgan fingerprint density at radius 1 is 1.19 bits per heavy atom. The molecule has 0 bridgehead atoms. The molecular formula is C13H16O2S. The number of hydrogen-bond acceptors (Lipinski definition) is 3. The zero-order valence-corrected chi connectivity index (χ0v) is 10.0. The number of benzene rings is 1. The van der Waals surface area contributed by atoms with Gasteiger partial charge >= 0.3 is 0 Å². The van der Waals surface area contributed by atoms with E-state index in [0.717, 1.165) is 19.4 Å². The molecule has 1 aromatic carbocycles. The fourth-order valence-corrected chi connectivity index (χ4v) is 2.65. The minimum Gasteiger partial charge on any atom is -0.396 e. The van der Waals surface area contributed by atoms with Crippen LogP contribution < -0.4 is 0 Å². The van der Waals surface area contributed by atoms with E-state index in [2.05, 4.69) is 30.3 Å². The Labute approximate surface area is 99.5 Å². The number of fused-ring (bicyclic) bond motifs is 1. The third kappa shape index (κ3) is 3.04. The molecule has 2 aromatic rings. The lowest BCUT2D eigenvalue weighted by molar-refractivity contribution is 0.119. The van der Waals surface area contributed by atoms with Gasteiger partial charge in [0.15, 0.2) is 0 Å². The van der Waals surface area contributed by atoms with Gasteiger partial charge in [-0.2, -0.15) is 0 Å². The first-order valence-corrected chi connectivity index (χ1v) is 6.38. The largest absolute Gasteiger partial charge is 0.396 e. The van der Waals surface area contributed by atoms with E-state index in [0.29, 0.717) is 6.61 Å². The molecule has 16 heavy (non-hydrogen) atoms. The Kier molecular flexibility index (Phi) is 4.34. The first-order chi connectivity index (χ1) is 7.90. The van der Waals surface area contributed by atoms with Crippen LogP contribution in [0.2, 0.25) is 0 Å². The predicted molar refractivity (Wildman–Crippen MR) is 68.1 cm³/mol. The van der Waals surface area contributed by atoms with Gasteiger partial charge in [0.05, 0.1) is 6.61 Å². The summed E-state index contributed by atoms with van der Waals surface area (Å²) in [6.07, 6.45) is 1.69. The van der Waals surface area contributed by atoms with E-state index in [-0.39, 0.29) is 6.61 Å². The molecule has 0 amide bonds. The number of aliphatic hydroxyl groups is 1. The van der Waals surface area contributed by atoms with Gasteiger partial charge < -0.3 is 9.84 Å². The van der Waals surface area contributed by atoms with Crippen LogP contribution in [0.4, 0.5) is 0 Å².